The van der Waals surface area contributed by atoms with E-state index in [9.17, 15) is 23.5 Å². The van der Waals surface area contributed by atoms with E-state index in [1.54, 1.807) is 32.0 Å². The Bertz CT molecular complexity index is 1390. The number of carbonyl (C=O) groups excluding carboxylic acids is 2. The second-order valence-electron chi connectivity index (χ2n) is 10.4. The molecule has 1 saturated carbocycles. The molecule has 0 radical (unpaired) electrons. The van der Waals surface area contributed by atoms with Crippen LogP contribution in [0.25, 0.3) is 0 Å². The Balaban J connectivity index is 1.40. The molecule has 1 amide bonds. The molecule has 11 heteroatoms. The minimum absolute atomic E-state index is 0.107. The second kappa shape index (κ2) is 10.2. The quantitative estimate of drug-likeness (QED) is 0.293. The van der Waals surface area contributed by atoms with E-state index in [-0.39, 0.29) is 55.2 Å². The molecule has 0 saturated heterocycles. The molecule has 9 nitrogen and oxygen atoms in total. The van der Waals surface area contributed by atoms with Crippen LogP contribution in [-0.4, -0.2) is 46.0 Å². The first-order chi connectivity index (χ1) is 18.5. The predicted octanol–water partition coefficient (Wildman–Crippen LogP) is 4.55. The fourth-order valence-electron chi connectivity index (χ4n) is 4.83. The first-order valence-corrected chi connectivity index (χ1v) is 12.6. The summed E-state index contributed by atoms with van der Waals surface area (Å²) in [6.45, 7) is 3.44. The highest BCUT2D eigenvalue weighted by Gasteiger charge is 2.45. The molecule has 0 bridgehead atoms. The lowest BCUT2D eigenvalue weighted by Crippen LogP contribution is -2.42. The maximum Gasteiger partial charge on any atom is 0.339 e. The number of aliphatic hydroxyl groups is 1. The molecule has 1 aromatic heterocycles. The van der Waals surface area contributed by atoms with Crippen molar-refractivity contribution in [1.82, 2.24) is 15.3 Å². The number of amides is 1. The number of rotatable bonds is 9. The van der Waals surface area contributed by atoms with Gasteiger partial charge in [-0.05, 0) is 43.5 Å². The number of fused-ring (bicyclic) bond motifs is 1. The van der Waals surface area contributed by atoms with Gasteiger partial charge in [0.25, 0.3) is 5.91 Å². The van der Waals surface area contributed by atoms with Gasteiger partial charge in [-0.2, -0.15) is 4.98 Å². The zero-order chi connectivity index (χ0) is 27.8. The van der Waals surface area contributed by atoms with Gasteiger partial charge in [0.05, 0.1) is 18.2 Å². The van der Waals surface area contributed by atoms with Gasteiger partial charge in [0.2, 0.25) is 11.9 Å². The molecule has 39 heavy (non-hydrogen) atoms. The largest absolute Gasteiger partial charge is 0.451 e. The van der Waals surface area contributed by atoms with Gasteiger partial charge in [-0.25, -0.2) is 18.6 Å². The van der Waals surface area contributed by atoms with Gasteiger partial charge < -0.3 is 25.8 Å². The summed E-state index contributed by atoms with van der Waals surface area (Å²) in [6.07, 6.45) is 0.824. The summed E-state index contributed by atoms with van der Waals surface area (Å²) in [4.78, 5) is 33.9. The van der Waals surface area contributed by atoms with Crippen LogP contribution in [0.2, 0.25) is 0 Å². The van der Waals surface area contributed by atoms with Crippen molar-refractivity contribution in [1.29, 1.82) is 0 Å². The number of anilines is 3. The molecule has 1 aliphatic heterocycles. The maximum absolute atomic E-state index is 13.2. The van der Waals surface area contributed by atoms with E-state index in [2.05, 4.69) is 25.9 Å². The third-order valence-corrected chi connectivity index (χ3v) is 6.95. The Morgan fingerprint density at radius 1 is 1.18 bits per heavy atom. The number of nitrogens with one attached hydrogen (secondary N) is 3. The molecule has 0 unspecified atom stereocenters. The van der Waals surface area contributed by atoms with E-state index in [0.29, 0.717) is 11.3 Å². The first kappa shape index (κ1) is 26.5. The number of aliphatic hydroxyl groups excluding tert-OH is 1. The highest BCUT2D eigenvalue weighted by Crippen LogP contribution is 2.42. The lowest BCUT2D eigenvalue weighted by atomic mass is 9.81. The van der Waals surface area contributed by atoms with Crippen LogP contribution in [-0.2, 0) is 10.3 Å². The molecule has 2 aliphatic rings. The summed E-state index contributed by atoms with van der Waals surface area (Å²) in [5, 5.41) is 19.0. The number of hydrogen-bond acceptors (Lipinski definition) is 8. The van der Waals surface area contributed by atoms with Gasteiger partial charge in [0.1, 0.15) is 17.0 Å². The van der Waals surface area contributed by atoms with Crippen molar-refractivity contribution in [2.24, 2.45) is 5.92 Å². The number of carbonyl (C=O) groups is 2. The van der Waals surface area contributed by atoms with Crippen LogP contribution in [0.1, 0.15) is 64.6 Å². The number of nitrogens with zero attached hydrogens (tertiary/aromatic N) is 2. The van der Waals surface area contributed by atoms with Crippen molar-refractivity contribution in [2.45, 2.75) is 44.3 Å². The van der Waals surface area contributed by atoms with E-state index < -0.39 is 23.5 Å². The molecule has 204 valence electrons. The zero-order valence-corrected chi connectivity index (χ0v) is 21.5. The van der Waals surface area contributed by atoms with Crippen molar-refractivity contribution in [3.05, 3.63) is 77.0 Å². The van der Waals surface area contributed by atoms with Crippen molar-refractivity contribution < 1.29 is 28.2 Å². The number of cyclic esters (lactones) is 1. The van der Waals surface area contributed by atoms with E-state index in [0.717, 1.165) is 11.1 Å². The molecule has 0 spiro atoms. The summed E-state index contributed by atoms with van der Waals surface area (Å²) >= 11 is 0. The average molecular weight is 538 g/mol. The van der Waals surface area contributed by atoms with Crippen molar-refractivity contribution in [3.63, 3.8) is 0 Å². The number of alkyl halides is 2. The lowest BCUT2D eigenvalue weighted by Gasteiger charge is -2.34. The molecule has 1 aliphatic carbocycles. The summed E-state index contributed by atoms with van der Waals surface area (Å²) in [6, 6.07) is 13.8. The SMILES string of the molecule is CC1(C)OC(=O)c2ccc(Nc3ncc(C(=O)NCC4CC(F)(F)C4)c(N[C@H](CO)c4ccccc4)n3)cc21. The predicted molar refractivity (Wildman–Crippen MR) is 140 cm³/mol. The Morgan fingerprint density at radius 3 is 2.62 bits per heavy atom. The maximum atomic E-state index is 13.2. The molecular weight excluding hydrogens is 508 g/mol. The molecule has 4 N–H and O–H groups in total. The zero-order valence-electron chi connectivity index (χ0n) is 21.5. The Labute approximate surface area is 224 Å². The van der Waals surface area contributed by atoms with Gasteiger partial charge in [0, 0.05) is 36.8 Å². The number of esters is 1. The Hall–Kier alpha value is -4.12. The van der Waals surface area contributed by atoms with Gasteiger partial charge in [-0.1, -0.05) is 30.3 Å². The highest BCUT2D eigenvalue weighted by atomic mass is 19.3. The number of benzene rings is 2. The molecule has 3 aromatic rings. The van der Waals surface area contributed by atoms with Gasteiger partial charge >= 0.3 is 5.97 Å². The van der Waals surface area contributed by atoms with E-state index in [4.69, 9.17) is 4.74 Å². The molecule has 1 atom stereocenters. The minimum atomic E-state index is -2.67. The third-order valence-electron chi connectivity index (χ3n) is 6.95. The summed E-state index contributed by atoms with van der Waals surface area (Å²) in [5.74, 6) is -3.54. The number of halogens is 2. The van der Waals surface area contributed by atoms with Gasteiger partial charge in [-0.15, -0.1) is 0 Å². The number of hydrogen-bond donors (Lipinski definition) is 4. The second-order valence-corrected chi connectivity index (χ2v) is 10.4. The first-order valence-electron chi connectivity index (χ1n) is 12.6. The summed E-state index contributed by atoms with van der Waals surface area (Å²) < 4.78 is 31.8. The lowest BCUT2D eigenvalue weighted by molar-refractivity contribution is -0.108. The van der Waals surface area contributed by atoms with Crippen LogP contribution < -0.4 is 16.0 Å². The van der Waals surface area contributed by atoms with Crippen LogP contribution in [0.5, 0.6) is 0 Å². The minimum Gasteiger partial charge on any atom is -0.451 e. The number of ether oxygens (including phenoxy) is 1. The Morgan fingerprint density at radius 2 is 1.92 bits per heavy atom. The smallest absolute Gasteiger partial charge is 0.339 e. The monoisotopic (exact) mass is 537 g/mol. The molecule has 1 fully saturated rings. The molecular formula is C28H29F2N5O4. The number of aromatic nitrogens is 2. The third kappa shape index (κ3) is 5.68. The van der Waals surface area contributed by atoms with Crippen molar-refractivity contribution >= 4 is 29.3 Å². The Kier molecular flexibility index (Phi) is 6.94. The standard InChI is InChI=1S/C28H29F2N5O4/c1-27(2)21-10-18(8-9-19(21)25(38)39-27)33-26-32-14-20(24(37)31-13-16-11-28(29,30)12-16)23(35-26)34-22(15-36)17-6-4-3-5-7-17/h3-10,14,16,22,36H,11-13,15H2,1-2H3,(H,31,37)(H2,32,33,34,35)/t22-/m1/s1. The fourth-order valence-corrected chi connectivity index (χ4v) is 4.83. The summed E-state index contributed by atoms with van der Waals surface area (Å²) in [5.41, 5.74) is 1.91. The molecule has 2 heterocycles. The summed E-state index contributed by atoms with van der Waals surface area (Å²) in [7, 11) is 0. The van der Waals surface area contributed by atoms with Gasteiger partial charge in [-0.3, -0.25) is 4.79 Å². The van der Waals surface area contributed by atoms with E-state index >= 15 is 0 Å². The van der Waals surface area contributed by atoms with E-state index in [1.165, 1.54) is 6.20 Å². The normalized spacial score (nSPS) is 17.9. The van der Waals surface area contributed by atoms with Crippen molar-refractivity contribution in [2.75, 3.05) is 23.8 Å². The average Bonchev–Trinajstić information content (AvgIpc) is 3.12. The molecule has 5 rings (SSSR count). The van der Waals surface area contributed by atoms with Crippen LogP contribution in [0, 0.1) is 5.92 Å². The van der Waals surface area contributed by atoms with E-state index in [1.807, 2.05) is 30.3 Å². The van der Waals surface area contributed by atoms with Crippen LogP contribution in [0.4, 0.5) is 26.2 Å². The van der Waals surface area contributed by atoms with Crippen molar-refractivity contribution in [3.8, 4) is 0 Å². The fraction of sp³-hybridized carbons (Fsp3) is 0.357. The van der Waals surface area contributed by atoms with Crippen LogP contribution in [0.15, 0.2) is 54.7 Å². The topological polar surface area (TPSA) is 125 Å². The van der Waals surface area contributed by atoms with Crippen LogP contribution in [0.3, 0.4) is 0 Å². The van der Waals surface area contributed by atoms with Gasteiger partial charge in [0.15, 0.2) is 0 Å². The highest BCUT2D eigenvalue weighted by molar-refractivity contribution is 5.99. The van der Waals surface area contributed by atoms with Crippen LogP contribution >= 0.6 is 0 Å². The molecule has 2 aromatic carbocycles.